The lowest BCUT2D eigenvalue weighted by Crippen LogP contribution is -2.31. The summed E-state index contributed by atoms with van der Waals surface area (Å²) in [6.45, 7) is 6.39. The Kier molecular flexibility index (Phi) is 6.99. The number of Topliss-reactive ketones (excluding diaryl/α,β-unsaturated/α-hetero) is 1. The molecule has 148 valence electrons. The molecule has 0 radical (unpaired) electrons. The van der Waals surface area contributed by atoms with Crippen molar-refractivity contribution in [2.24, 2.45) is 0 Å². The van der Waals surface area contributed by atoms with Crippen LogP contribution >= 0.6 is 11.6 Å². The summed E-state index contributed by atoms with van der Waals surface area (Å²) in [5, 5.41) is 0.476. The highest BCUT2D eigenvalue weighted by molar-refractivity contribution is 7.92. The fraction of sp³-hybridized carbons (Fsp3) is 0.200. The molecular formula is C20H20ClNO5S. The van der Waals surface area contributed by atoms with Gasteiger partial charge in [0.1, 0.15) is 0 Å². The second kappa shape index (κ2) is 9.03. The first-order valence-corrected chi connectivity index (χ1v) is 10.2. The molecule has 0 fully saturated rings. The van der Waals surface area contributed by atoms with E-state index in [1.54, 1.807) is 24.3 Å². The number of halogens is 1. The highest BCUT2D eigenvalue weighted by Crippen LogP contribution is 2.26. The zero-order valence-corrected chi connectivity index (χ0v) is 17.0. The molecule has 2 aromatic rings. The number of carbonyl (C=O) groups excluding carboxylic acids is 2. The molecule has 0 saturated heterocycles. The third-order valence-electron chi connectivity index (χ3n) is 3.92. The molecule has 0 aromatic heterocycles. The standard InChI is InChI=1S/C20H20ClNO5S/c1-4-12-22(18-10-8-17(21)9-11-18)28(25,26)19-7-5-6-16(13-19)20(24)27-15(3)14(2)23/h4-11,13,15H,1,12H2,2-3H3. The van der Waals surface area contributed by atoms with Crippen LogP contribution in [0.2, 0.25) is 5.02 Å². The van der Waals surface area contributed by atoms with Gasteiger partial charge in [-0.1, -0.05) is 23.7 Å². The number of nitrogens with zero attached hydrogens (tertiary/aromatic N) is 1. The Morgan fingerprint density at radius 3 is 2.43 bits per heavy atom. The van der Waals surface area contributed by atoms with Crippen LogP contribution in [0.5, 0.6) is 0 Å². The number of hydrogen-bond donors (Lipinski definition) is 0. The van der Waals surface area contributed by atoms with Crippen LogP contribution in [-0.2, 0) is 19.6 Å². The summed E-state index contributed by atoms with van der Waals surface area (Å²) in [7, 11) is -3.99. The second-order valence-corrected chi connectivity index (χ2v) is 8.29. The Balaban J connectivity index is 2.40. The van der Waals surface area contributed by atoms with Gasteiger partial charge in [-0.3, -0.25) is 9.10 Å². The van der Waals surface area contributed by atoms with E-state index >= 15 is 0 Å². The van der Waals surface area contributed by atoms with Gasteiger partial charge < -0.3 is 4.74 Å². The average Bonchev–Trinajstić information content (AvgIpc) is 2.66. The third kappa shape index (κ3) is 4.99. The minimum atomic E-state index is -3.99. The van der Waals surface area contributed by atoms with E-state index in [1.807, 2.05) is 0 Å². The van der Waals surface area contributed by atoms with Crippen molar-refractivity contribution >= 4 is 39.1 Å². The lowest BCUT2D eigenvalue weighted by atomic mass is 10.2. The molecule has 1 unspecified atom stereocenters. The third-order valence-corrected chi connectivity index (χ3v) is 5.97. The van der Waals surface area contributed by atoms with E-state index in [0.717, 1.165) is 4.31 Å². The first kappa shape index (κ1) is 21.7. The fourth-order valence-electron chi connectivity index (χ4n) is 2.29. The van der Waals surface area contributed by atoms with Crippen molar-refractivity contribution in [3.05, 3.63) is 71.8 Å². The van der Waals surface area contributed by atoms with Gasteiger partial charge >= 0.3 is 5.97 Å². The number of ketones is 1. The summed E-state index contributed by atoms with van der Waals surface area (Å²) < 4.78 is 32.5. The molecule has 0 bridgehead atoms. The summed E-state index contributed by atoms with van der Waals surface area (Å²) in [6, 6.07) is 11.8. The van der Waals surface area contributed by atoms with Crippen LogP contribution < -0.4 is 4.31 Å². The number of anilines is 1. The molecule has 0 N–H and O–H groups in total. The molecule has 2 rings (SSSR count). The normalized spacial score (nSPS) is 12.1. The van der Waals surface area contributed by atoms with E-state index in [1.165, 1.54) is 44.2 Å². The number of benzene rings is 2. The summed E-state index contributed by atoms with van der Waals surface area (Å²) in [6.07, 6.45) is 0.540. The number of carbonyl (C=O) groups is 2. The van der Waals surface area contributed by atoms with Crippen LogP contribution in [0, 0.1) is 0 Å². The number of ether oxygens (including phenoxy) is 1. The van der Waals surface area contributed by atoms with Gasteiger partial charge in [0.05, 0.1) is 22.7 Å². The van der Waals surface area contributed by atoms with E-state index in [4.69, 9.17) is 16.3 Å². The number of sulfonamides is 1. The molecule has 28 heavy (non-hydrogen) atoms. The highest BCUT2D eigenvalue weighted by atomic mass is 35.5. The first-order chi connectivity index (χ1) is 13.2. The Morgan fingerprint density at radius 1 is 1.21 bits per heavy atom. The highest BCUT2D eigenvalue weighted by Gasteiger charge is 2.25. The number of hydrogen-bond acceptors (Lipinski definition) is 5. The summed E-state index contributed by atoms with van der Waals surface area (Å²) in [5.74, 6) is -1.08. The van der Waals surface area contributed by atoms with Crippen LogP contribution in [0.25, 0.3) is 0 Å². The molecule has 8 heteroatoms. The SMILES string of the molecule is C=CCN(c1ccc(Cl)cc1)S(=O)(=O)c1cccc(C(=O)OC(C)C(C)=O)c1. The Hall–Kier alpha value is -2.64. The van der Waals surface area contributed by atoms with Gasteiger partial charge in [0.15, 0.2) is 11.9 Å². The van der Waals surface area contributed by atoms with Crippen LogP contribution in [0.4, 0.5) is 5.69 Å². The van der Waals surface area contributed by atoms with E-state index in [-0.39, 0.29) is 22.8 Å². The summed E-state index contributed by atoms with van der Waals surface area (Å²) >= 11 is 5.88. The van der Waals surface area contributed by atoms with Gasteiger partial charge in [-0.2, -0.15) is 0 Å². The van der Waals surface area contributed by atoms with Crippen molar-refractivity contribution in [2.45, 2.75) is 24.8 Å². The molecule has 0 saturated carbocycles. The first-order valence-electron chi connectivity index (χ1n) is 8.37. The number of esters is 1. The van der Waals surface area contributed by atoms with E-state index < -0.39 is 22.1 Å². The maximum absolute atomic E-state index is 13.2. The number of rotatable bonds is 8. The molecule has 2 aromatic carbocycles. The van der Waals surface area contributed by atoms with Crippen molar-refractivity contribution in [3.63, 3.8) is 0 Å². The van der Waals surface area contributed by atoms with Gasteiger partial charge in [-0.15, -0.1) is 6.58 Å². The predicted octanol–water partition coefficient (Wildman–Crippen LogP) is 3.86. The average molecular weight is 422 g/mol. The van der Waals surface area contributed by atoms with Crippen molar-refractivity contribution in [3.8, 4) is 0 Å². The van der Waals surface area contributed by atoms with Gasteiger partial charge in [0.25, 0.3) is 10.0 Å². The van der Waals surface area contributed by atoms with Crippen LogP contribution in [0.1, 0.15) is 24.2 Å². The minimum Gasteiger partial charge on any atom is -0.451 e. The van der Waals surface area contributed by atoms with Crippen LogP contribution in [0.3, 0.4) is 0 Å². The van der Waals surface area contributed by atoms with E-state index in [0.29, 0.717) is 10.7 Å². The quantitative estimate of drug-likeness (QED) is 0.477. The zero-order valence-electron chi connectivity index (χ0n) is 15.5. The Labute approximate surface area is 169 Å². The molecule has 0 aliphatic heterocycles. The van der Waals surface area contributed by atoms with Gasteiger partial charge in [-0.25, -0.2) is 13.2 Å². The molecule has 0 aliphatic carbocycles. The van der Waals surface area contributed by atoms with Crippen LogP contribution in [0.15, 0.2) is 66.1 Å². The van der Waals surface area contributed by atoms with Gasteiger partial charge in [0, 0.05) is 5.02 Å². The van der Waals surface area contributed by atoms with Crippen molar-refractivity contribution in [1.82, 2.24) is 0 Å². The lowest BCUT2D eigenvalue weighted by Gasteiger charge is -2.23. The van der Waals surface area contributed by atoms with Crippen molar-refractivity contribution < 1.29 is 22.7 Å². The zero-order chi connectivity index (χ0) is 20.9. The monoisotopic (exact) mass is 421 g/mol. The fourth-order valence-corrected chi connectivity index (χ4v) is 3.90. The van der Waals surface area contributed by atoms with Crippen molar-refractivity contribution in [2.75, 3.05) is 10.8 Å². The Morgan fingerprint density at radius 2 is 1.86 bits per heavy atom. The second-order valence-electron chi connectivity index (χ2n) is 5.99. The van der Waals surface area contributed by atoms with Crippen LogP contribution in [-0.4, -0.2) is 32.8 Å². The Bertz CT molecular complexity index is 986. The molecule has 0 heterocycles. The summed E-state index contributed by atoms with van der Waals surface area (Å²) in [5.41, 5.74) is 0.436. The largest absolute Gasteiger partial charge is 0.451 e. The molecule has 0 spiro atoms. The van der Waals surface area contributed by atoms with Gasteiger partial charge in [0.2, 0.25) is 0 Å². The molecule has 6 nitrogen and oxygen atoms in total. The van der Waals surface area contributed by atoms with Gasteiger partial charge in [-0.05, 0) is 56.3 Å². The maximum Gasteiger partial charge on any atom is 0.338 e. The topological polar surface area (TPSA) is 80.8 Å². The minimum absolute atomic E-state index is 0.0278. The smallest absolute Gasteiger partial charge is 0.338 e. The predicted molar refractivity (Wildman–Crippen MR) is 108 cm³/mol. The summed E-state index contributed by atoms with van der Waals surface area (Å²) in [4.78, 5) is 23.4. The van der Waals surface area contributed by atoms with Crippen molar-refractivity contribution in [1.29, 1.82) is 0 Å². The van der Waals surface area contributed by atoms with E-state index in [9.17, 15) is 18.0 Å². The lowest BCUT2D eigenvalue weighted by molar-refractivity contribution is -0.124. The molecule has 0 aliphatic rings. The van der Waals surface area contributed by atoms with E-state index in [2.05, 4.69) is 6.58 Å². The molecule has 0 amide bonds. The maximum atomic E-state index is 13.2. The molecular weight excluding hydrogens is 402 g/mol. The molecule has 1 atom stereocenters.